The Morgan fingerprint density at radius 2 is 1.73 bits per heavy atom. The lowest BCUT2D eigenvalue weighted by Gasteiger charge is -2.47. The molecule has 2 fully saturated rings. The van der Waals surface area contributed by atoms with Crippen molar-refractivity contribution in [2.75, 3.05) is 33.4 Å². The molecular formula is C38H56F2N4O8. The van der Waals surface area contributed by atoms with E-state index in [0.717, 1.165) is 24.5 Å². The lowest BCUT2D eigenvalue weighted by molar-refractivity contribution is -0.120. The summed E-state index contributed by atoms with van der Waals surface area (Å²) in [5.74, 6) is -3.11. The minimum Gasteiger partial charge on any atom is -0.430 e. The molecule has 2 saturated heterocycles. The van der Waals surface area contributed by atoms with Crippen LogP contribution in [-0.4, -0.2) is 79.2 Å². The van der Waals surface area contributed by atoms with Crippen LogP contribution in [-0.2, 0) is 26.4 Å². The molecule has 3 unspecified atom stereocenters. The zero-order valence-electron chi connectivity index (χ0n) is 32.0. The molecule has 2 N–H and O–H groups in total. The molecule has 12 nitrogen and oxygen atoms in total. The van der Waals surface area contributed by atoms with Crippen LogP contribution in [0.25, 0.3) is 0 Å². The topological polar surface area (TPSA) is 145 Å². The number of nitrogens with one attached hydrogen (secondary N) is 2. The zero-order chi connectivity index (χ0) is 39.2. The van der Waals surface area contributed by atoms with Crippen molar-refractivity contribution in [3.8, 4) is 5.75 Å². The standard InChI is InChI=1S/C32H40F2N4O8.C4H10.C2H6/c1-19-6-5-11-37(4)18-32(19,20(2)36-21(3)40)38-16-25(30(42)35-15-22-7-8-23(33)14-26(22)34)28(41)29(27(38)17-39)46-31(43)45-24-9-12-44-13-10-24;1-4(2)3;1-2/h7-8,14,16-17,19-20,24H,5-6,9-13,15,18H2,1-4H3,(H,35,42)(H,36,40);4H,1-3H3;1-2H3. The van der Waals surface area contributed by atoms with E-state index in [0.29, 0.717) is 51.4 Å². The van der Waals surface area contributed by atoms with Gasteiger partial charge in [0.15, 0.2) is 6.29 Å². The number of aromatic nitrogens is 1. The zero-order valence-corrected chi connectivity index (χ0v) is 32.0. The van der Waals surface area contributed by atoms with E-state index >= 15 is 0 Å². The molecule has 1 aromatic heterocycles. The van der Waals surface area contributed by atoms with Crippen molar-refractivity contribution >= 4 is 24.3 Å². The monoisotopic (exact) mass is 734 g/mol. The van der Waals surface area contributed by atoms with Gasteiger partial charge >= 0.3 is 6.16 Å². The summed E-state index contributed by atoms with van der Waals surface area (Å²) in [5, 5.41) is 5.39. The number of likely N-dealkylation sites (tertiary alicyclic amines) is 1. The van der Waals surface area contributed by atoms with Crippen molar-refractivity contribution in [1.29, 1.82) is 0 Å². The number of carbonyl (C=O) groups is 4. The quantitative estimate of drug-likeness (QED) is 0.240. The van der Waals surface area contributed by atoms with Crippen LogP contribution in [0.15, 0.2) is 29.2 Å². The third-order valence-corrected chi connectivity index (χ3v) is 8.80. The van der Waals surface area contributed by atoms with Gasteiger partial charge in [-0.05, 0) is 51.3 Å². The number of nitrogens with zero attached hydrogens (tertiary/aromatic N) is 2. The maximum absolute atomic E-state index is 14.3. The Labute approximate surface area is 305 Å². The van der Waals surface area contributed by atoms with E-state index in [2.05, 4.69) is 31.4 Å². The lowest BCUT2D eigenvalue weighted by atomic mass is 9.76. The Morgan fingerprint density at radius 3 is 2.31 bits per heavy atom. The number of hydrogen-bond acceptors (Lipinski definition) is 9. The van der Waals surface area contributed by atoms with Crippen LogP contribution in [0.4, 0.5) is 13.6 Å². The number of ether oxygens (including phenoxy) is 3. The van der Waals surface area contributed by atoms with E-state index in [1.807, 2.05) is 32.7 Å². The van der Waals surface area contributed by atoms with Crippen molar-refractivity contribution in [1.82, 2.24) is 20.1 Å². The predicted molar refractivity (Wildman–Crippen MR) is 194 cm³/mol. The maximum Gasteiger partial charge on any atom is 0.514 e. The molecule has 4 rings (SSSR count). The molecule has 52 heavy (non-hydrogen) atoms. The van der Waals surface area contributed by atoms with Gasteiger partial charge in [0, 0.05) is 50.7 Å². The van der Waals surface area contributed by atoms with Gasteiger partial charge in [-0.3, -0.25) is 19.2 Å². The molecule has 3 heterocycles. The highest BCUT2D eigenvalue weighted by Gasteiger charge is 2.47. The molecule has 0 aliphatic carbocycles. The summed E-state index contributed by atoms with van der Waals surface area (Å²) in [4.78, 5) is 67.6. The second-order valence-corrected chi connectivity index (χ2v) is 13.7. The molecule has 14 heteroatoms. The van der Waals surface area contributed by atoms with Gasteiger partial charge in [0.1, 0.15) is 29.0 Å². The van der Waals surface area contributed by atoms with Crippen LogP contribution < -0.4 is 20.8 Å². The number of rotatable bonds is 9. The van der Waals surface area contributed by atoms with Gasteiger partial charge in [-0.2, -0.15) is 0 Å². The van der Waals surface area contributed by atoms with Crippen molar-refractivity contribution in [2.45, 2.75) is 105 Å². The summed E-state index contributed by atoms with van der Waals surface area (Å²) in [6.07, 6.45) is 2.07. The van der Waals surface area contributed by atoms with Crippen molar-refractivity contribution in [2.24, 2.45) is 11.8 Å². The predicted octanol–water partition coefficient (Wildman–Crippen LogP) is 5.83. The van der Waals surface area contributed by atoms with Crippen molar-refractivity contribution in [3.63, 3.8) is 0 Å². The molecule has 2 aliphatic rings. The number of aldehydes is 1. The average molecular weight is 735 g/mol. The fourth-order valence-corrected chi connectivity index (χ4v) is 6.39. The van der Waals surface area contributed by atoms with E-state index in [9.17, 15) is 32.8 Å². The van der Waals surface area contributed by atoms with Crippen LogP contribution >= 0.6 is 0 Å². The number of pyridine rings is 1. The van der Waals surface area contributed by atoms with Gasteiger partial charge in [0.25, 0.3) is 5.91 Å². The molecule has 0 bridgehead atoms. The number of carbonyl (C=O) groups excluding carboxylic acids is 4. The Kier molecular flexibility index (Phi) is 17.6. The van der Waals surface area contributed by atoms with Gasteiger partial charge < -0.3 is 34.3 Å². The summed E-state index contributed by atoms with van der Waals surface area (Å²) >= 11 is 0. The third-order valence-electron chi connectivity index (χ3n) is 8.80. The van der Waals surface area contributed by atoms with Crippen LogP contribution in [0.1, 0.15) is 107 Å². The van der Waals surface area contributed by atoms with Gasteiger partial charge in [0.2, 0.25) is 17.1 Å². The highest BCUT2D eigenvalue weighted by atomic mass is 19.1. The van der Waals surface area contributed by atoms with Crippen LogP contribution in [0.5, 0.6) is 5.75 Å². The van der Waals surface area contributed by atoms with E-state index in [1.54, 1.807) is 6.92 Å². The number of benzene rings is 1. The summed E-state index contributed by atoms with van der Waals surface area (Å²) in [7, 11) is 1.88. The average Bonchev–Trinajstić information content (AvgIpc) is 3.23. The first kappa shape index (κ1) is 44.0. The molecule has 2 amide bonds. The Hall–Kier alpha value is -4.17. The first-order valence-electron chi connectivity index (χ1n) is 18.0. The van der Waals surface area contributed by atoms with Crippen LogP contribution in [0.2, 0.25) is 0 Å². The fraction of sp³-hybridized carbons (Fsp3) is 0.605. The SMILES string of the molecule is CC.CC(=O)NC(C)C1(n2cc(C(=O)NCc3ccc(F)cc3F)c(=O)c(OC(=O)OC3CCOCC3)c2C=O)CN(C)CCCC1C.CC(C)C. The molecule has 0 saturated carbocycles. The van der Waals surface area contributed by atoms with Crippen LogP contribution in [0, 0.1) is 23.5 Å². The molecule has 0 spiro atoms. The molecule has 2 aliphatic heterocycles. The Morgan fingerprint density at radius 1 is 1.10 bits per heavy atom. The number of amides is 2. The molecular weight excluding hydrogens is 678 g/mol. The lowest BCUT2D eigenvalue weighted by Crippen LogP contribution is -2.60. The van der Waals surface area contributed by atoms with Gasteiger partial charge in [-0.15, -0.1) is 0 Å². The number of halogens is 2. The van der Waals surface area contributed by atoms with E-state index in [4.69, 9.17) is 14.2 Å². The van der Waals surface area contributed by atoms with Gasteiger partial charge in [0.05, 0.1) is 24.8 Å². The Bertz CT molecular complexity index is 1570. The highest BCUT2D eigenvalue weighted by molar-refractivity contribution is 5.95. The summed E-state index contributed by atoms with van der Waals surface area (Å²) < 4.78 is 45.3. The van der Waals surface area contributed by atoms with E-state index in [1.165, 1.54) is 17.7 Å². The largest absolute Gasteiger partial charge is 0.514 e. The van der Waals surface area contributed by atoms with Crippen LogP contribution in [0.3, 0.4) is 0 Å². The fourth-order valence-electron chi connectivity index (χ4n) is 6.39. The molecule has 0 radical (unpaired) electrons. The van der Waals surface area contributed by atoms with Crippen molar-refractivity contribution in [3.05, 3.63) is 63.1 Å². The minimum absolute atomic E-state index is 0.0362. The highest BCUT2D eigenvalue weighted by Crippen LogP contribution is 2.39. The normalized spacial score (nSPS) is 19.8. The molecule has 3 atom stereocenters. The minimum atomic E-state index is -1.24. The maximum atomic E-state index is 14.3. The van der Waals surface area contributed by atoms with Gasteiger partial charge in [-0.1, -0.05) is 47.6 Å². The first-order chi connectivity index (χ1) is 24.6. The molecule has 290 valence electrons. The summed E-state index contributed by atoms with van der Waals surface area (Å²) in [5.41, 5.74) is -3.06. The summed E-state index contributed by atoms with van der Waals surface area (Å²) in [6.45, 7) is 16.9. The number of hydrogen-bond donors (Lipinski definition) is 2. The molecule has 2 aromatic rings. The first-order valence-corrected chi connectivity index (χ1v) is 18.0. The second kappa shape index (κ2) is 20.8. The van der Waals surface area contributed by atoms with Crippen molar-refractivity contribution < 1.29 is 42.2 Å². The van der Waals surface area contributed by atoms with E-state index in [-0.39, 0.29) is 29.6 Å². The number of likely N-dealkylation sites (N-methyl/N-ethyl adjacent to an activating group) is 1. The van der Waals surface area contributed by atoms with Gasteiger partial charge in [-0.25, -0.2) is 13.6 Å². The second-order valence-electron chi connectivity index (χ2n) is 13.7. The smallest absolute Gasteiger partial charge is 0.430 e. The molecule has 1 aromatic carbocycles. The van der Waals surface area contributed by atoms with E-state index < -0.39 is 64.7 Å². The Balaban J connectivity index is 0.00000146. The third kappa shape index (κ3) is 11.7. The summed E-state index contributed by atoms with van der Waals surface area (Å²) in [6, 6.07) is 2.21.